The largest absolute Gasteiger partial charge is 0.274 e. The number of rotatable bonds is 1. The second kappa shape index (κ2) is 2.69. The maximum absolute atomic E-state index is 11.9. The first-order chi connectivity index (χ1) is 6.74. The Morgan fingerprint density at radius 2 is 1.71 bits per heavy atom. The number of allylic oxidation sites excluding steroid dienone is 2. The highest BCUT2D eigenvalue weighted by Gasteiger charge is 2.58. The van der Waals surface area contributed by atoms with Gasteiger partial charge in [-0.15, -0.1) is 0 Å². The lowest BCUT2D eigenvalue weighted by Gasteiger charge is -2.14. The third-order valence-electron chi connectivity index (χ3n) is 3.68. The molecule has 14 heavy (non-hydrogen) atoms. The number of carbonyl (C=O) groups is 2. The predicted octanol–water partition coefficient (Wildman–Crippen LogP) is 1.15. The Morgan fingerprint density at radius 3 is 2.14 bits per heavy atom. The maximum Gasteiger partial charge on any atom is 0.234 e. The van der Waals surface area contributed by atoms with E-state index >= 15 is 0 Å². The minimum absolute atomic E-state index is 0.0220. The molecule has 0 spiro atoms. The van der Waals surface area contributed by atoms with Crippen LogP contribution in [0.3, 0.4) is 0 Å². The number of imide groups is 1. The zero-order valence-electron chi connectivity index (χ0n) is 7.52. The van der Waals surface area contributed by atoms with Crippen LogP contribution in [0.1, 0.15) is 6.42 Å². The molecular formula is C10H10BrNO2. The topological polar surface area (TPSA) is 37.4 Å². The Kier molecular flexibility index (Phi) is 1.66. The van der Waals surface area contributed by atoms with E-state index in [0.717, 1.165) is 6.42 Å². The molecule has 0 aromatic rings. The summed E-state index contributed by atoms with van der Waals surface area (Å²) in [6.45, 7) is 0. The third kappa shape index (κ3) is 0.829. The number of halogens is 1. The molecule has 3 aliphatic rings. The molecular weight excluding hydrogens is 246 g/mol. The van der Waals surface area contributed by atoms with E-state index in [1.807, 2.05) is 0 Å². The van der Waals surface area contributed by atoms with E-state index in [0.29, 0.717) is 17.3 Å². The van der Waals surface area contributed by atoms with E-state index < -0.39 is 0 Å². The van der Waals surface area contributed by atoms with Crippen LogP contribution in [0.15, 0.2) is 12.2 Å². The molecule has 74 valence electrons. The fourth-order valence-electron chi connectivity index (χ4n) is 3.08. The van der Waals surface area contributed by atoms with Gasteiger partial charge in [0.05, 0.1) is 17.3 Å². The number of fused-ring (bicyclic) bond motifs is 5. The summed E-state index contributed by atoms with van der Waals surface area (Å²) in [6, 6.07) is 0. The molecule has 1 saturated carbocycles. The van der Waals surface area contributed by atoms with Gasteiger partial charge in [0.25, 0.3) is 0 Å². The SMILES string of the molecule is O=C1C2C3C=CC(C3)C2C(=O)N1CBr. The van der Waals surface area contributed by atoms with Gasteiger partial charge in [0, 0.05) is 0 Å². The molecule has 2 aliphatic carbocycles. The minimum Gasteiger partial charge on any atom is -0.274 e. The summed E-state index contributed by atoms with van der Waals surface area (Å²) in [7, 11) is 0. The molecule has 2 bridgehead atoms. The lowest BCUT2D eigenvalue weighted by Crippen LogP contribution is -2.31. The van der Waals surface area contributed by atoms with Crippen LogP contribution >= 0.6 is 15.9 Å². The molecule has 3 nitrogen and oxygen atoms in total. The highest BCUT2D eigenvalue weighted by Crippen LogP contribution is 2.52. The number of likely N-dealkylation sites (tertiary alicyclic amines) is 1. The zero-order chi connectivity index (χ0) is 9.87. The molecule has 0 N–H and O–H groups in total. The lowest BCUT2D eigenvalue weighted by molar-refractivity contribution is -0.139. The predicted molar refractivity (Wildman–Crippen MR) is 53.4 cm³/mol. The fraction of sp³-hybridized carbons (Fsp3) is 0.600. The van der Waals surface area contributed by atoms with Gasteiger partial charge in [-0.25, -0.2) is 0 Å². The van der Waals surface area contributed by atoms with Crippen molar-refractivity contribution in [2.45, 2.75) is 6.42 Å². The van der Waals surface area contributed by atoms with Gasteiger partial charge in [-0.1, -0.05) is 28.1 Å². The smallest absolute Gasteiger partial charge is 0.234 e. The Hall–Kier alpha value is -0.640. The van der Waals surface area contributed by atoms with Crippen LogP contribution in [0.4, 0.5) is 0 Å². The first kappa shape index (κ1) is 8.65. The summed E-state index contributed by atoms with van der Waals surface area (Å²) < 4.78 is 0. The molecule has 1 aliphatic heterocycles. The van der Waals surface area contributed by atoms with Crippen molar-refractivity contribution in [3.63, 3.8) is 0 Å². The Bertz CT molecular complexity index is 322. The molecule has 0 aromatic heterocycles. The summed E-state index contributed by atoms with van der Waals surface area (Å²) in [6.07, 6.45) is 5.21. The van der Waals surface area contributed by atoms with E-state index in [9.17, 15) is 9.59 Å². The highest BCUT2D eigenvalue weighted by molar-refractivity contribution is 9.09. The van der Waals surface area contributed by atoms with E-state index in [2.05, 4.69) is 28.1 Å². The second-order valence-corrected chi connectivity index (χ2v) is 4.73. The molecule has 3 rings (SSSR count). The van der Waals surface area contributed by atoms with Crippen molar-refractivity contribution >= 4 is 27.7 Å². The number of hydrogen-bond acceptors (Lipinski definition) is 2. The molecule has 0 aromatic carbocycles. The molecule has 2 amide bonds. The number of nitrogens with zero attached hydrogens (tertiary/aromatic N) is 1. The van der Waals surface area contributed by atoms with Crippen molar-refractivity contribution < 1.29 is 9.59 Å². The van der Waals surface area contributed by atoms with Gasteiger partial charge in [0.1, 0.15) is 0 Å². The number of carbonyl (C=O) groups excluding carboxylic acids is 2. The van der Waals surface area contributed by atoms with Gasteiger partial charge in [-0.05, 0) is 18.3 Å². The highest BCUT2D eigenvalue weighted by atomic mass is 79.9. The van der Waals surface area contributed by atoms with Crippen LogP contribution in [0.5, 0.6) is 0 Å². The van der Waals surface area contributed by atoms with Crippen molar-refractivity contribution in [3.05, 3.63) is 12.2 Å². The van der Waals surface area contributed by atoms with Gasteiger partial charge >= 0.3 is 0 Å². The van der Waals surface area contributed by atoms with Crippen molar-refractivity contribution in [1.82, 2.24) is 4.90 Å². The lowest BCUT2D eigenvalue weighted by atomic mass is 9.85. The molecule has 1 saturated heterocycles. The Morgan fingerprint density at radius 1 is 1.21 bits per heavy atom. The number of amides is 2. The van der Waals surface area contributed by atoms with E-state index in [1.54, 1.807) is 0 Å². The van der Waals surface area contributed by atoms with E-state index in [-0.39, 0.29) is 23.7 Å². The van der Waals surface area contributed by atoms with Crippen LogP contribution in [-0.2, 0) is 9.59 Å². The van der Waals surface area contributed by atoms with E-state index in [1.165, 1.54) is 4.90 Å². The number of hydrogen-bond donors (Lipinski definition) is 0. The van der Waals surface area contributed by atoms with Gasteiger partial charge in [-0.2, -0.15) is 0 Å². The van der Waals surface area contributed by atoms with E-state index in [4.69, 9.17) is 0 Å². The Labute approximate surface area is 90.3 Å². The van der Waals surface area contributed by atoms with Gasteiger partial charge in [0.2, 0.25) is 11.8 Å². The summed E-state index contributed by atoms with van der Waals surface area (Å²) in [4.78, 5) is 25.1. The molecule has 2 fully saturated rings. The summed E-state index contributed by atoms with van der Waals surface area (Å²) >= 11 is 3.19. The van der Waals surface area contributed by atoms with Gasteiger partial charge < -0.3 is 0 Å². The summed E-state index contributed by atoms with van der Waals surface area (Å²) in [5, 5.41) is 0. The molecule has 4 heteroatoms. The molecule has 1 heterocycles. The van der Waals surface area contributed by atoms with Crippen LogP contribution in [0.2, 0.25) is 0 Å². The molecule has 4 unspecified atom stereocenters. The van der Waals surface area contributed by atoms with Gasteiger partial charge in [-0.3, -0.25) is 14.5 Å². The Balaban J connectivity index is 2.02. The minimum atomic E-state index is -0.0463. The third-order valence-corrected chi connectivity index (χ3v) is 4.18. The zero-order valence-corrected chi connectivity index (χ0v) is 9.11. The van der Waals surface area contributed by atoms with Gasteiger partial charge in [0.15, 0.2) is 0 Å². The first-order valence-electron chi connectivity index (χ1n) is 4.83. The number of alkyl halides is 1. The molecule has 0 radical (unpaired) electrons. The summed E-state index contributed by atoms with van der Waals surface area (Å²) in [5.41, 5.74) is 0.344. The van der Waals surface area contributed by atoms with Crippen molar-refractivity contribution in [2.24, 2.45) is 23.7 Å². The van der Waals surface area contributed by atoms with Crippen LogP contribution < -0.4 is 0 Å². The van der Waals surface area contributed by atoms with Crippen molar-refractivity contribution in [1.29, 1.82) is 0 Å². The monoisotopic (exact) mass is 255 g/mol. The van der Waals surface area contributed by atoms with Crippen molar-refractivity contribution in [3.8, 4) is 0 Å². The average molecular weight is 256 g/mol. The fourth-order valence-corrected chi connectivity index (χ4v) is 3.58. The van der Waals surface area contributed by atoms with Crippen LogP contribution in [-0.4, -0.2) is 22.2 Å². The summed E-state index contributed by atoms with van der Waals surface area (Å²) in [5.74, 6) is 0.601. The quantitative estimate of drug-likeness (QED) is 0.305. The second-order valence-electron chi connectivity index (χ2n) is 4.22. The van der Waals surface area contributed by atoms with Crippen molar-refractivity contribution in [2.75, 3.05) is 5.45 Å². The van der Waals surface area contributed by atoms with Crippen LogP contribution in [0, 0.1) is 23.7 Å². The first-order valence-corrected chi connectivity index (χ1v) is 5.95. The average Bonchev–Trinajstić information content (AvgIpc) is 2.80. The molecule has 4 atom stereocenters. The van der Waals surface area contributed by atoms with Crippen LogP contribution in [0.25, 0.3) is 0 Å². The maximum atomic E-state index is 11.9. The standard InChI is InChI=1S/C10H10BrNO2/c11-4-12-9(13)7-5-1-2-6(3-5)8(7)10(12)14/h1-2,5-8H,3-4H2. The normalized spacial score (nSPS) is 43.9.